The largest absolute Gasteiger partial charge is 0.459 e. The summed E-state index contributed by atoms with van der Waals surface area (Å²) in [4.78, 5) is 27.6. The van der Waals surface area contributed by atoms with E-state index in [4.69, 9.17) is 8.94 Å². The molecule has 0 bridgehead atoms. The molecule has 0 radical (unpaired) electrons. The van der Waals surface area contributed by atoms with Crippen LogP contribution in [0.4, 0.5) is 0 Å². The number of carbonyl (C=O) groups is 2. The van der Waals surface area contributed by atoms with Crippen LogP contribution >= 0.6 is 11.3 Å². The molecule has 8 heteroatoms. The molecule has 1 aliphatic rings. The van der Waals surface area contributed by atoms with Crippen LogP contribution in [-0.2, 0) is 19.5 Å². The van der Waals surface area contributed by atoms with Gasteiger partial charge < -0.3 is 19.2 Å². The third-order valence-corrected chi connectivity index (χ3v) is 4.94. The Bertz CT molecular complexity index is 883. The first kappa shape index (κ1) is 15.6. The van der Waals surface area contributed by atoms with Gasteiger partial charge in [-0.15, -0.1) is 11.3 Å². The molecule has 0 aliphatic carbocycles. The lowest BCUT2D eigenvalue weighted by Gasteiger charge is -2.25. The number of fused-ring (bicyclic) bond motifs is 1. The van der Waals surface area contributed by atoms with Gasteiger partial charge in [0, 0.05) is 23.4 Å². The molecule has 4 rings (SSSR count). The molecular weight excluding hydrogens is 342 g/mol. The minimum atomic E-state index is -0.300. The van der Waals surface area contributed by atoms with Crippen LogP contribution in [0.5, 0.6) is 0 Å². The molecule has 0 aromatic carbocycles. The van der Waals surface area contributed by atoms with Crippen molar-refractivity contribution < 1.29 is 18.5 Å². The van der Waals surface area contributed by atoms with E-state index in [0.717, 1.165) is 4.88 Å². The van der Waals surface area contributed by atoms with Gasteiger partial charge in [-0.05, 0) is 23.6 Å². The second-order valence-electron chi connectivity index (χ2n) is 5.65. The van der Waals surface area contributed by atoms with Crippen LogP contribution in [0.15, 0.2) is 44.8 Å². The molecular formula is C17H15N3O4S. The molecule has 3 aromatic heterocycles. The van der Waals surface area contributed by atoms with Crippen LogP contribution in [0.25, 0.3) is 0 Å². The summed E-state index contributed by atoms with van der Waals surface area (Å²) >= 11 is 1.57. The van der Waals surface area contributed by atoms with Crippen LogP contribution in [-0.4, -0.2) is 28.4 Å². The first-order chi connectivity index (χ1) is 12.2. The third-order valence-electron chi connectivity index (χ3n) is 4.06. The standard InChI is InChI=1S/C17H15N3O4S/c21-16(18-9-11-3-2-8-25-11)15-12-10-20(6-5-13(12)24-19-15)17(22)14-4-1-7-23-14/h1-4,7-8H,5-6,9-10H2,(H,18,21). The van der Waals surface area contributed by atoms with Crippen molar-refractivity contribution in [1.82, 2.24) is 15.4 Å². The van der Waals surface area contributed by atoms with Gasteiger partial charge >= 0.3 is 0 Å². The number of hydrogen-bond acceptors (Lipinski definition) is 6. The molecule has 7 nitrogen and oxygen atoms in total. The van der Waals surface area contributed by atoms with Crippen LogP contribution in [0.3, 0.4) is 0 Å². The highest BCUT2D eigenvalue weighted by atomic mass is 32.1. The molecule has 25 heavy (non-hydrogen) atoms. The number of nitrogens with one attached hydrogen (secondary N) is 1. The predicted molar refractivity (Wildman–Crippen MR) is 89.1 cm³/mol. The Labute approximate surface area is 147 Å². The number of furan rings is 1. The summed E-state index contributed by atoms with van der Waals surface area (Å²) in [5.41, 5.74) is 0.901. The second kappa shape index (κ2) is 6.56. The van der Waals surface area contributed by atoms with Gasteiger partial charge in [-0.25, -0.2) is 0 Å². The van der Waals surface area contributed by atoms with E-state index in [1.54, 1.807) is 28.4 Å². The normalized spacial score (nSPS) is 13.5. The average Bonchev–Trinajstić information content (AvgIpc) is 3.40. The Morgan fingerprint density at radius 1 is 1.32 bits per heavy atom. The molecule has 4 heterocycles. The van der Waals surface area contributed by atoms with E-state index >= 15 is 0 Å². The lowest BCUT2D eigenvalue weighted by atomic mass is 10.1. The average molecular weight is 357 g/mol. The molecule has 3 aromatic rings. The molecule has 0 unspecified atom stereocenters. The molecule has 2 amide bonds. The Balaban J connectivity index is 1.49. The van der Waals surface area contributed by atoms with Crippen LogP contribution in [0, 0.1) is 0 Å². The van der Waals surface area contributed by atoms with E-state index in [2.05, 4.69) is 10.5 Å². The van der Waals surface area contributed by atoms with Crippen molar-refractivity contribution in [3.63, 3.8) is 0 Å². The van der Waals surface area contributed by atoms with Crippen molar-refractivity contribution in [2.75, 3.05) is 6.54 Å². The van der Waals surface area contributed by atoms with Crippen LogP contribution < -0.4 is 5.32 Å². The minimum absolute atomic E-state index is 0.207. The Kier molecular flexibility index (Phi) is 4.10. The maximum absolute atomic E-state index is 12.4. The summed E-state index contributed by atoms with van der Waals surface area (Å²) in [7, 11) is 0. The molecule has 128 valence electrons. The second-order valence-corrected chi connectivity index (χ2v) is 6.68. The van der Waals surface area contributed by atoms with Gasteiger partial charge in [0.2, 0.25) is 0 Å². The topological polar surface area (TPSA) is 88.6 Å². The van der Waals surface area contributed by atoms with Gasteiger partial charge in [-0.1, -0.05) is 11.2 Å². The predicted octanol–water partition coefficient (Wildman–Crippen LogP) is 2.46. The van der Waals surface area contributed by atoms with Crippen LogP contribution in [0.1, 0.15) is 37.2 Å². The number of carbonyl (C=O) groups excluding carboxylic acids is 2. The fraction of sp³-hybridized carbons (Fsp3) is 0.235. The number of rotatable bonds is 4. The summed E-state index contributed by atoms with van der Waals surface area (Å²) in [5.74, 6) is 0.431. The Morgan fingerprint density at radius 3 is 3.00 bits per heavy atom. The Hall–Kier alpha value is -2.87. The number of thiophene rings is 1. The molecule has 0 saturated heterocycles. The summed E-state index contributed by atoms with van der Waals surface area (Å²) in [6.45, 7) is 1.21. The molecule has 0 spiro atoms. The van der Waals surface area contributed by atoms with Crippen molar-refractivity contribution in [3.05, 3.63) is 63.6 Å². The highest BCUT2D eigenvalue weighted by Crippen LogP contribution is 2.24. The van der Waals surface area contributed by atoms with Gasteiger partial charge in [-0.3, -0.25) is 9.59 Å². The van der Waals surface area contributed by atoms with Crippen molar-refractivity contribution in [1.29, 1.82) is 0 Å². The quantitative estimate of drug-likeness (QED) is 0.775. The van der Waals surface area contributed by atoms with E-state index in [-0.39, 0.29) is 29.8 Å². The first-order valence-corrected chi connectivity index (χ1v) is 8.71. The SMILES string of the molecule is O=C(NCc1cccs1)c1noc2c1CN(C(=O)c1ccco1)CC2. The zero-order valence-electron chi connectivity index (χ0n) is 13.2. The van der Waals surface area contributed by atoms with Gasteiger partial charge in [0.1, 0.15) is 5.76 Å². The van der Waals surface area contributed by atoms with E-state index in [1.165, 1.54) is 6.26 Å². The van der Waals surface area contributed by atoms with Gasteiger partial charge in [-0.2, -0.15) is 0 Å². The summed E-state index contributed by atoms with van der Waals surface area (Å²) in [6, 6.07) is 7.18. The van der Waals surface area contributed by atoms with Crippen molar-refractivity contribution in [2.24, 2.45) is 0 Å². The fourth-order valence-corrected chi connectivity index (χ4v) is 3.43. The number of amides is 2. The van der Waals surface area contributed by atoms with Crippen molar-refractivity contribution >= 4 is 23.2 Å². The molecule has 0 saturated carbocycles. The fourth-order valence-electron chi connectivity index (χ4n) is 2.78. The van der Waals surface area contributed by atoms with Gasteiger partial charge in [0.25, 0.3) is 11.8 Å². The summed E-state index contributed by atoms with van der Waals surface area (Å²) in [6.07, 6.45) is 1.98. The zero-order valence-corrected chi connectivity index (χ0v) is 14.0. The lowest BCUT2D eigenvalue weighted by molar-refractivity contribution is 0.0695. The number of nitrogens with zero attached hydrogens (tertiary/aromatic N) is 2. The van der Waals surface area contributed by atoms with Crippen molar-refractivity contribution in [3.8, 4) is 0 Å². The third kappa shape index (κ3) is 3.08. The van der Waals surface area contributed by atoms with E-state index < -0.39 is 0 Å². The zero-order chi connectivity index (χ0) is 17.2. The highest BCUT2D eigenvalue weighted by Gasteiger charge is 2.30. The van der Waals surface area contributed by atoms with Gasteiger partial charge in [0.15, 0.2) is 11.5 Å². The Morgan fingerprint density at radius 2 is 2.24 bits per heavy atom. The van der Waals surface area contributed by atoms with Crippen molar-refractivity contribution in [2.45, 2.75) is 19.5 Å². The molecule has 1 N–H and O–H groups in total. The molecule has 0 fully saturated rings. The van der Waals surface area contributed by atoms with Crippen LogP contribution in [0.2, 0.25) is 0 Å². The van der Waals surface area contributed by atoms with Gasteiger partial charge in [0.05, 0.1) is 19.4 Å². The highest BCUT2D eigenvalue weighted by molar-refractivity contribution is 7.09. The maximum atomic E-state index is 12.4. The van der Waals surface area contributed by atoms with E-state index in [0.29, 0.717) is 30.8 Å². The maximum Gasteiger partial charge on any atom is 0.289 e. The molecule has 0 atom stereocenters. The lowest BCUT2D eigenvalue weighted by Crippen LogP contribution is -2.36. The summed E-state index contributed by atoms with van der Waals surface area (Å²) < 4.78 is 10.5. The molecule has 1 aliphatic heterocycles. The smallest absolute Gasteiger partial charge is 0.289 e. The minimum Gasteiger partial charge on any atom is -0.459 e. The first-order valence-electron chi connectivity index (χ1n) is 7.83. The van der Waals surface area contributed by atoms with E-state index in [9.17, 15) is 9.59 Å². The monoisotopic (exact) mass is 357 g/mol. The van der Waals surface area contributed by atoms with E-state index in [1.807, 2.05) is 17.5 Å². The summed E-state index contributed by atoms with van der Waals surface area (Å²) in [5, 5.41) is 8.70. The number of aromatic nitrogens is 1. The number of hydrogen-bond donors (Lipinski definition) is 1.